The van der Waals surface area contributed by atoms with E-state index in [0.29, 0.717) is 34.2 Å². The Balaban J connectivity index is 1.46. The summed E-state index contributed by atoms with van der Waals surface area (Å²) in [6.07, 6.45) is -10.1. The van der Waals surface area contributed by atoms with Gasteiger partial charge in [-0.25, -0.2) is 0 Å². The first-order valence-corrected chi connectivity index (χ1v) is 13.8. The van der Waals surface area contributed by atoms with Crippen molar-refractivity contribution in [2.45, 2.75) is 25.4 Å². The summed E-state index contributed by atoms with van der Waals surface area (Å²) < 4.78 is 80.8. The molecule has 0 saturated carbocycles. The second-order valence-electron chi connectivity index (χ2n) is 10.5. The standard InChI is InChI=1S/C34H21F6N3O3/c35-33(36,37)21-14-19(15-22(16-21)34(38,39)40)17-41-30(44)29-27(18-43-31(45)23-10-4-5-11-24(23)32(43)46)42-26-13-7-6-12-25(26)28(29)20-8-2-1-3-9-20/h1-16H,17-18H2,(H,41,44). The van der Waals surface area contributed by atoms with Crippen LogP contribution in [-0.4, -0.2) is 27.6 Å². The van der Waals surface area contributed by atoms with Gasteiger partial charge in [-0.05, 0) is 47.5 Å². The molecule has 0 spiro atoms. The van der Waals surface area contributed by atoms with Crippen LogP contribution in [0.4, 0.5) is 26.3 Å². The van der Waals surface area contributed by atoms with Crippen molar-refractivity contribution in [2.75, 3.05) is 0 Å². The fourth-order valence-electron chi connectivity index (χ4n) is 5.45. The number of para-hydroxylation sites is 1. The van der Waals surface area contributed by atoms with Gasteiger partial charge in [0, 0.05) is 17.5 Å². The SMILES string of the molecule is O=C(NCc1cc(C(F)(F)F)cc(C(F)(F)F)c1)c1c(CN2C(=O)c3ccccc3C2=O)nc2ccccc2c1-c1ccccc1. The molecule has 232 valence electrons. The van der Waals surface area contributed by atoms with E-state index >= 15 is 0 Å². The number of benzene rings is 4. The first-order valence-electron chi connectivity index (χ1n) is 13.8. The summed E-state index contributed by atoms with van der Waals surface area (Å²) in [5.41, 5.74) is -1.88. The number of halogens is 6. The van der Waals surface area contributed by atoms with E-state index in [9.17, 15) is 40.7 Å². The Bertz CT molecular complexity index is 1960. The van der Waals surface area contributed by atoms with Crippen LogP contribution in [0, 0.1) is 0 Å². The van der Waals surface area contributed by atoms with Gasteiger partial charge in [-0.2, -0.15) is 26.3 Å². The third-order valence-corrected chi connectivity index (χ3v) is 7.54. The average molecular weight is 634 g/mol. The van der Waals surface area contributed by atoms with Gasteiger partial charge < -0.3 is 5.32 Å². The van der Waals surface area contributed by atoms with Crippen molar-refractivity contribution in [1.29, 1.82) is 0 Å². The number of amides is 3. The third-order valence-electron chi connectivity index (χ3n) is 7.54. The minimum atomic E-state index is -5.07. The van der Waals surface area contributed by atoms with Crippen molar-refractivity contribution in [2.24, 2.45) is 0 Å². The molecule has 0 bridgehead atoms. The second kappa shape index (κ2) is 11.4. The van der Waals surface area contributed by atoms with Gasteiger partial charge in [0.2, 0.25) is 0 Å². The number of hydrogen-bond acceptors (Lipinski definition) is 4. The van der Waals surface area contributed by atoms with Gasteiger partial charge in [0.05, 0.1) is 45.6 Å². The number of aromatic nitrogens is 1. The number of rotatable bonds is 6. The van der Waals surface area contributed by atoms with Crippen molar-refractivity contribution >= 4 is 28.6 Å². The van der Waals surface area contributed by atoms with Crippen LogP contribution in [0.5, 0.6) is 0 Å². The molecule has 0 saturated heterocycles. The van der Waals surface area contributed by atoms with Gasteiger partial charge in [0.15, 0.2) is 0 Å². The number of carbonyl (C=O) groups excluding carboxylic acids is 3. The van der Waals surface area contributed by atoms with E-state index in [-0.39, 0.29) is 28.5 Å². The Morgan fingerprint density at radius 1 is 0.717 bits per heavy atom. The van der Waals surface area contributed by atoms with E-state index < -0.39 is 59.9 Å². The molecule has 5 aromatic rings. The van der Waals surface area contributed by atoms with Gasteiger partial charge in [-0.15, -0.1) is 0 Å². The molecule has 1 aliphatic rings. The molecule has 6 nitrogen and oxygen atoms in total. The summed E-state index contributed by atoms with van der Waals surface area (Å²) in [4.78, 5) is 46.1. The van der Waals surface area contributed by atoms with Gasteiger partial charge in [0.1, 0.15) is 0 Å². The predicted octanol–water partition coefficient (Wildman–Crippen LogP) is 7.67. The minimum Gasteiger partial charge on any atom is -0.348 e. The number of alkyl halides is 6. The number of pyridine rings is 1. The summed E-state index contributed by atoms with van der Waals surface area (Å²) in [5, 5.41) is 2.97. The van der Waals surface area contributed by atoms with E-state index in [1.54, 1.807) is 66.7 Å². The summed E-state index contributed by atoms with van der Waals surface area (Å²) in [6, 6.07) is 22.7. The minimum absolute atomic E-state index is 0.00424. The molecule has 1 aliphatic heterocycles. The fraction of sp³-hybridized carbons (Fsp3) is 0.118. The molecule has 1 aromatic heterocycles. The molecule has 0 aliphatic carbocycles. The number of fused-ring (bicyclic) bond motifs is 2. The maximum Gasteiger partial charge on any atom is 0.416 e. The van der Waals surface area contributed by atoms with E-state index in [1.807, 2.05) is 0 Å². The molecular weight excluding hydrogens is 612 g/mol. The van der Waals surface area contributed by atoms with Crippen molar-refractivity contribution in [1.82, 2.24) is 15.2 Å². The highest BCUT2D eigenvalue weighted by atomic mass is 19.4. The smallest absolute Gasteiger partial charge is 0.348 e. The zero-order valence-electron chi connectivity index (χ0n) is 23.5. The lowest BCUT2D eigenvalue weighted by atomic mass is 9.93. The van der Waals surface area contributed by atoms with Crippen LogP contribution in [-0.2, 0) is 25.4 Å². The maximum atomic E-state index is 14.0. The Hall–Kier alpha value is -5.52. The largest absolute Gasteiger partial charge is 0.416 e. The van der Waals surface area contributed by atoms with Crippen LogP contribution in [0.3, 0.4) is 0 Å². The molecule has 1 N–H and O–H groups in total. The lowest BCUT2D eigenvalue weighted by Gasteiger charge is -2.21. The molecule has 0 radical (unpaired) electrons. The van der Waals surface area contributed by atoms with Gasteiger partial charge in [0.25, 0.3) is 17.7 Å². The Morgan fingerprint density at radius 2 is 1.26 bits per heavy atom. The first kappa shape index (κ1) is 30.5. The maximum absolute atomic E-state index is 14.0. The molecule has 0 unspecified atom stereocenters. The van der Waals surface area contributed by atoms with E-state index in [2.05, 4.69) is 10.3 Å². The molecular formula is C34H21F6N3O3. The number of nitrogens with one attached hydrogen (secondary N) is 1. The molecule has 46 heavy (non-hydrogen) atoms. The van der Waals surface area contributed by atoms with Crippen LogP contribution in [0.1, 0.15) is 53.5 Å². The highest BCUT2D eigenvalue weighted by molar-refractivity contribution is 6.21. The van der Waals surface area contributed by atoms with Crippen molar-refractivity contribution in [3.05, 3.63) is 136 Å². The summed E-state index contributed by atoms with van der Waals surface area (Å²) in [6.45, 7) is -1.12. The normalized spacial score (nSPS) is 13.3. The first-order chi connectivity index (χ1) is 21.8. The molecule has 0 atom stereocenters. The highest BCUT2D eigenvalue weighted by Crippen LogP contribution is 2.37. The van der Waals surface area contributed by atoms with E-state index in [0.717, 1.165) is 4.90 Å². The Morgan fingerprint density at radius 3 is 1.85 bits per heavy atom. The lowest BCUT2D eigenvalue weighted by molar-refractivity contribution is -0.143. The summed E-state index contributed by atoms with van der Waals surface area (Å²) >= 11 is 0. The Labute approximate surface area is 257 Å². The van der Waals surface area contributed by atoms with Crippen molar-refractivity contribution in [3.8, 4) is 11.1 Å². The zero-order valence-corrected chi connectivity index (χ0v) is 23.5. The van der Waals surface area contributed by atoms with Crippen LogP contribution >= 0.6 is 0 Å². The third kappa shape index (κ3) is 5.69. The quantitative estimate of drug-likeness (QED) is 0.154. The fourth-order valence-corrected chi connectivity index (χ4v) is 5.45. The number of carbonyl (C=O) groups is 3. The number of hydrogen-bond donors (Lipinski definition) is 1. The van der Waals surface area contributed by atoms with E-state index in [1.165, 1.54) is 12.1 Å². The van der Waals surface area contributed by atoms with Crippen LogP contribution in [0.2, 0.25) is 0 Å². The zero-order chi connectivity index (χ0) is 32.8. The van der Waals surface area contributed by atoms with Crippen LogP contribution in [0.15, 0.2) is 97.1 Å². The highest BCUT2D eigenvalue weighted by Gasteiger charge is 2.38. The van der Waals surface area contributed by atoms with Gasteiger partial charge >= 0.3 is 12.4 Å². The summed E-state index contributed by atoms with van der Waals surface area (Å²) in [5.74, 6) is -2.09. The molecule has 12 heteroatoms. The summed E-state index contributed by atoms with van der Waals surface area (Å²) in [7, 11) is 0. The average Bonchev–Trinajstić information content (AvgIpc) is 3.27. The lowest BCUT2D eigenvalue weighted by Crippen LogP contribution is -2.32. The van der Waals surface area contributed by atoms with Gasteiger partial charge in [-0.3, -0.25) is 24.3 Å². The number of imide groups is 1. The van der Waals surface area contributed by atoms with E-state index in [4.69, 9.17) is 0 Å². The van der Waals surface area contributed by atoms with Crippen LogP contribution < -0.4 is 5.32 Å². The predicted molar refractivity (Wildman–Crippen MR) is 155 cm³/mol. The van der Waals surface area contributed by atoms with Crippen LogP contribution in [0.25, 0.3) is 22.0 Å². The molecule has 2 heterocycles. The number of nitrogens with zero attached hydrogens (tertiary/aromatic N) is 2. The van der Waals surface area contributed by atoms with Crippen molar-refractivity contribution < 1.29 is 40.7 Å². The second-order valence-corrected chi connectivity index (χ2v) is 10.5. The van der Waals surface area contributed by atoms with Crippen molar-refractivity contribution in [3.63, 3.8) is 0 Å². The molecule has 3 amide bonds. The molecule has 4 aromatic carbocycles. The Kier molecular flexibility index (Phi) is 7.59. The monoisotopic (exact) mass is 633 g/mol. The topological polar surface area (TPSA) is 79.4 Å². The molecule has 6 rings (SSSR count). The van der Waals surface area contributed by atoms with Gasteiger partial charge in [-0.1, -0.05) is 60.7 Å². The molecule has 0 fully saturated rings.